The molecule has 0 aromatic heterocycles. The molecule has 0 amide bonds. The third kappa shape index (κ3) is 3.45. The predicted molar refractivity (Wildman–Crippen MR) is 47.6 cm³/mol. The molecule has 1 atom stereocenters. The second-order valence-corrected chi connectivity index (χ2v) is 3.42. The maximum Gasteiger partial charge on any atom is 0.378 e. The Hall–Kier alpha value is -1.20. The molecule has 0 fully saturated rings. The summed E-state index contributed by atoms with van der Waals surface area (Å²) >= 11 is 0. The number of carboxylic acid groups (broad SMARTS) is 1. The van der Waals surface area contributed by atoms with Crippen LogP contribution < -0.4 is 0 Å². The molecule has 1 unspecified atom stereocenters. The molecule has 0 heterocycles. The largest absolute Gasteiger partial charge is 0.477 e. The molecule has 6 heteroatoms. The Labute approximate surface area is 86.2 Å². The third-order valence-corrected chi connectivity index (χ3v) is 1.79. The van der Waals surface area contributed by atoms with E-state index in [1.165, 1.54) is 20.8 Å². The van der Waals surface area contributed by atoms with Gasteiger partial charge in [0.05, 0.1) is 5.92 Å². The van der Waals surface area contributed by atoms with E-state index < -0.39 is 29.9 Å². The summed E-state index contributed by atoms with van der Waals surface area (Å²) in [6.07, 6.45) is -2.16. The third-order valence-electron chi connectivity index (χ3n) is 1.79. The molecule has 0 radical (unpaired) electrons. The molecule has 0 saturated heterocycles. The lowest BCUT2D eigenvalue weighted by atomic mass is 10.1. The molecule has 0 spiro atoms. The normalized spacial score (nSPS) is 13.7. The number of carbonyl (C=O) groups excluding carboxylic acids is 1. The molecule has 0 saturated carbocycles. The van der Waals surface area contributed by atoms with E-state index in [0.29, 0.717) is 0 Å². The lowest BCUT2D eigenvalue weighted by molar-refractivity contribution is -0.195. The summed E-state index contributed by atoms with van der Waals surface area (Å²) in [5.41, 5.74) is 0. The highest BCUT2D eigenvalue weighted by atomic mass is 19.3. The van der Waals surface area contributed by atoms with Gasteiger partial charge in [-0.3, -0.25) is 4.79 Å². The van der Waals surface area contributed by atoms with Gasteiger partial charge < -0.3 is 9.84 Å². The Bertz CT molecular complexity index is 250. The molecule has 0 aliphatic rings. The second kappa shape index (κ2) is 5.04. The van der Waals surface area contributed by atoms with E-state index in [1.54, 1.807) is 0 Å². The van der Waals surface area contributed by atoms with Crippen molar-refractivity contribution in [3.05, 3.63) is 0 Å². The van der Waals surface area contributed by atoms with Crippen molar-refractivity contribution < 1.29 is 28.2 Å². The van der Waals surface area contributed by atoms with Crippen LogP contribution in [0.4, 0.5) is 8.78 Å². The first-order valence-electron chi connectivity index (χ1n) is 4.55. The zero-order valence-corrected chi connectivity index (χ0v) is 8.79. The average Bonchev–Trinajstić information content (AvgIpc) is 2.12. The maximum absolute atomic E-state index is 13.0. The van der Waals surface area contributed by atoms with Gasteiger partial charge in [-0.15, -0.1) is 0 Å². The maximum atomic E-state index is 13.0. The van der Waals surface area contributed by atoms with Crippen LogP contribution in [0.3, 0.4) is 0 Å². The molecule has 15 heavy (non-hydrogen) atoms. The van der Waals surface area contributed by atoms with Gasteiger partial charge in [0.15, 0.2) is 6.10 Å². The van der Waals surface area contributed by atoms with E-state index in [9.17, 15) is 18.4 Å². The van der Waals surface area contributed by atoms with Gasteiger partial charge in [-0.25, -0.2) is 4.79 Å². The SMILES string of the molecule is CCC(OC(=O)C(C)C)C(F)(F)C(=O)O. The van der Waals surface area contributed by atoms with Crippen molar-refractivity contribution in [1.82, 2.24) is 0 Å². The summed E-state index contributed by atoms with van der Waals surface area (Å²) in [6, 6.07) is 0. The van der Waals surface area contributed by atoms with Gasteiger partial charge in [0.25, 0.3) is 0 Å². The van der Waals surface area contributed by atoms with Crippen LogP contribution in [0.15, 0.2) is 0 Å². The van der Waals surface area contributed by atoms with Gasteiger partial charge in [0, 0.05) is 0 Å². The molecule has 88 valence electrons. The highest BCUT2D eigenvalue weighted by Crippen LogP contribution is 2.25. The van der Waals surface area contributed by atoms with Crippen molar-refractivity contribution in [3.8, 4) is 0 Å². The zero-order chi connectivity index (χ0) is 12.2. The monoisotopic (exact) mass is 224 g/mol. The fourth-order valence-electron chi connectivity index (χ4n) is 0.828. The van der Waals surface area contributed by atoms with E-state index in [1.807, 2.05) is 0 Å². The number of carbonyl (C=O) groups is 2. The smallest absolute Gasteiger partial charge is 0.378 e. The highest BCUT2D eigenvalue weighted by molar-refractivity contribution is 5.77. The van der Waals surface area contributed by atoms with E-state index in [4.69, 9.17) is 5.11 Å². The quantitative estimate of drug-likeness (QED) is 0.721. The predicted octanol–water partition coefficient (Wildman–Crippen LogP) is 1.68. The first kappa shape index (κ1) is 13.8. The van der Waals surface area contributed by atoms with E-state index in [2.05, 4.69) is 4.74 Å². The van der Waals surface area contributed by atoms with Gasteiger partial charge in [-0.05, 0) is 6.42 Å². The Kier molecular flexibility index (Phi) is 4.64. The second-order valence-electron chi connectivity index (χ2n) is 3.42. The minimum absolute atomic E-state index is 0.252. The zero-order valence-electron chi connectivity index (χ0n) is 8.79. The Balaban J connectivity index is 4.64. The molecule has 0 aliphatic heterocycles. The number of rotatable bonds is 5. The van der Waals surface area contributed by atoms with Crippen molar-refractivity contribution in [2.75, 3.05) is 0 Å². The molecule has 0 aromatic rings. The van der Waals surface area contributed by atoms with Crippen LogP contribution in [0.2, 0.25) is 0 Å². The first-order chi connectivity index (χ1) is 6.73. The van der Waals surface area contributed by atoms with Crippen LogP contribution >= 0.6 is 0 Å². The number of carboxylic acids is 1. The number of hydrogen-bond acceptors (Lipinski definition) is 3. The summed E-state index contributed by atoms with van der Waals surface area (Å²) in [5, 5.41) is 8.25. The fraction of sp³-hybridized carbons (Fsp3) is 0.778. The highest BCUT2D eigenvalue weighted by Gasteiger charge is 2.49. The summed E-state index contributed by atoms with van der Waals surface area (Å²) in [5.74, 6) is -7.73. The van der Waals surface area contributed by atoms with E-state index in [-0.39, 0.29) is 6.42 Å². The molecular weight excluding hydrogens is 210 g/mol. The number of aliphatic carboxylic acids is 1. The van der Waals surface area contributed by atoms with Gasteiger partial charge in [-0.2, -0.15) is 8.78 Å². The van der Waals surface area contributed by atoms with Gasteiger partial charge in [0.2, 0.25) is 0 Å². The molecule has 0 aromatic carbocycles. The summed E-state index contributed by atoms with van der Waals surface area (Å²) < 4.78 is 30.3. The van der Waals surface area contributed by atoms with Crippen LogP contribution in [0, 0.1) is 5.92 Å². The standard InChI is InChI=1S/C9H14F2O4/c1-4-6(9(10,11)8(13)14)15-7(12)5(2)3/h5-6H,4H2,1-3H3,(H,13,14). The minimum Gasteiger partial charge on any atom is -0.477 e. The van der Waals surface area contributed by atoms with E-state index >= 15 is 0 Å². The van der Waals surface area contributed by atoms with E-state index in [0.717, 1.165) is 0 Å². The van der Waals surface area contributed by atoms with Gasteiger partial charge in [-0.1, -0.05) is 20.8 Å². The van der Waals surface area contributed by atoms with Crippen LogP contribution in [0.25, 0.3) is 0 Å². The van der Waals surface area contributed by atoms with Crippen molar-refractivity contribution in [2.24, 2.45) is 5.92 Å². The lowest BCUT2D eigenvalue weighted by Crippen LogP contribution is -2.44. The van der Waals surface area contributed by atoms with Crippen LogP contribution in [0.1, 0.15) is 27.2 Å². The van der Waals surface area contributed by atoms with Gasteiger partial charge >= 0.3 is 17.9 Å². The number of esters is 1. The first-order valence-corrected chi connectivity index (χ1v) is 4.55. The Morgan fingerprint density at radius 1 is 1.40 bits per heavy atom. The van der Waals surface area contributed by atoms with Crippen LogP contribution in [-0.2, 0) is 14.3 Å². The van der Waals surface area contributed by atoms with Crippen molar-refractivity contribution in [3.63, 3.8) is 0 Å². The van der Waals surface area contributed by atoms with Crippen molar-refractivity contribution in [1.29, 1.82) is 0 Å². The summed E-state index contributed by atoms with van der Waals surface area (Å²) in [4.78, 5) is 21.3. The lowest BCUT2D eigenvalue weighted by Gasteiger charge is -2.23. The molecule has 1 N–H and O–H groups in total. The number of alkyl halides is 2. The molecular formula is C9H14F2O4. The molecule has 4 nitrogen and oxygen atoms in total. The Morgan fingerprint density at radius 3 is 2.13 bits per heavy atom. The number of hydrogen-bond donors (Lipinski definition) is 1. The number of halogens is 2. The molecule has 0 rings (SSSR count). The summed E-state index contributed by atoms with van der Waals surface area (Å²) in [7, 11) is 0. The molecule has 0 aliphatic carbocycles. The van der Waals surface area contributed by atoms with Crippen LogP contribution in [-0.4, -0.2) is 29.1 Å². The average molecular weight is 224 g/mol. The van der Waals surface area contributed by atoms with Crippen LogP contribution in [0.5, 0.6) is 0 Å². The topological polar surface area (TPSA) is 63.6 Å². The number of ether oxygens (including phenoxy) is 1. The van der Waals surface area contributed by atoms with Crippen molar-refractivity contribution >= 4 is 11.9 Å². The van der Waals surface area contributed by atoms with Crippen molar-refractivity contribution in [2.45, 2.75) is 39.2 Å². The fourth-order valence-corrected chi connectivity index (χ4v) is 0.828. The molecule has 0 bridgehead atoms. The Morgan fingerprint density at radius 2 is 1.87 bits per heavy atom. The minimum atomic E-state index is -4.04. The van der Waals surface area contributed by atoms with Gasteiger partial charge in [0.1, 0.15) is 0 Å². The summed E-state index contributed by atoms with van der Waals surface area (Å²) in [6.45, 7) is 4.29.